The molecule has 0 aliphatic carbocycles. The smallest absolute Gasteiger partial charge is 0.258 e. The number of pyridine rings is 1. The SMILES string of the molecule is CCc1c(O)nc(-c2ccc(Cl)cn2)[nH]c1=O. The van der Waals surface area contributed by atoms with E-state index >= 15 is 0 Å². The van der Waals surface area contributed by atoms with Gasteiger partial charge < -0.3 is 10.1 Å². The zero-order valence-corrected chi connectivity index (χ0v) is 9.82. The number of H-pyrrole nitrogens is 1. The molecule has 2 N–H and O–H groups in total. The summed E-state index contributed by atoms with van der Waals surface area (Å²) in [6.07, 6.45) is 1.87. The molecule has 6 heteroatoms. The number of hydrogen-bond acceptors (Lipinski definition) is 4. The lowest BCUT2D eigenvalue weighted by Crippen LogP contribution is -2.14. The second-order valence-electron chi connectivity index (χ2n) is 3.43. The van der Waals surface area contributed by atoms with Crippen molar-refractivity contribution < 1.29 is 5.11 Å². The van der Waals surface area contributed by atoms with Crippen LogP contribution >= 0.6 is 11.6 Å². The predicted octanol–water partition coefficient (Wildman–Crippen LogP) is 1.75. The normalized spacial score (nSPS) is 10.5. The first-order chi connectivity index (χ1) is 8.11. The van der Waals surface area contributed by atoms with Crippen molar-refractivity contribution in [3.8, 4) is 17.4 Å². The molecule has 0 saturated heterocycles. The lowest BCUT2D eigenvalue weighted by Gasteiger charge is -2.03. The highest BCUT2D eigenvalue weighted by atomic mass is 35.5. The molecular weight excluding hydrogens is 242 g/mol. The molecule has 0 atom stereocenters. The molecule has 0 unspecified atom stereocenters. The van der Waals surface area contributed by atoms with Crippen LogP contribution in [0, 0.1) is 0 Å². The Morgan fingerprint density at radius 3 is 2.76 bits per heavy atom. The number of aromatic nitrogens is 3. The van der Waals surface area contributed by atoms with E-state index in [0.717, 1.165) is 0 Å². The topological polar surface area (TPSA) is 78.9 Å². The zero-order chi connectivity index (χ0) is 12.4. The van der Waals surface area contributed by atoms with Gasteiger partial charge in [0, 0.05) is 6.20 Å². The highest BCUT2D eigenvalue weighted by Gasteiger charge is 2.10. The van der Waals surface area contributed by atoms with Gasteiger partial charge in [0.15, 0.2) is 5.82 Å². The van der Waals surface area contributed by atoms with Gasteiger partial charge in [-0.05, 0) is 18.6 Å². The van der Waals surface area contributed by atoms with Gasteiger partial charge >= 0.3 is 0 Å². The summed E-state index contributed by atoms with van der Waals surface area (Å²) in [5.74, 6) is -0.0376. The van der Waals surface area contributed by atoms with E-state index in [0.29, 0.717) is 17.1 Å². The molecule has 2 aromatic rings. The highest BCUT2D eigenvalue weighted by Crippen LogP contribution is 2.17. The van der Waals surface area contributed by atoms with Crippen molar-refractivity contribution in [2.45, 2.75) is 13.3 Å². The van der Waals surface area contributed by atoms with Crippen molar-refractivity contribution >= 4 is 11.6 Å². The Morgan fingerprint density at radius 2 is 2.24 bits per heavy atom. The minimum atomic E-state index is -0.355. The van der Waals surface area contributed by atoms with Crippen LogP contribution in [0.15, 0.2) is 23.1 Å². The lowest BCUT2D eigenvalue weighted by atomic mass is 10.2. The summed E-state index contributed by atoms with van der Waals surface area (Å²) in [5, 5.41) is 10.1. The summed E-state index contributed by atoms with van der Waals surface area (Å²) < 4.78 is 0. The number of nitrogens with zero attached hydrogens (tertiary/aromatic N) is 2. The van der Waals surface area contributed by atoms with Crippen LogP contribution in [0.25, 0.3) is 11.5 Å². The molecule has 2 aromatic heterocycles. The van der Waals surface area contributed by atoms with Crippen LogP contribution < -0.4 is 5.56 Å². The van der Waals surface area contributed by atoms with Crippen LogP contribution in [0.4, 0.5) is 0 Å². The first-order valence-electron chi connectivity index (χ1n) is 5.06. The molecule has 0 aliphatic rings. The van der Waals surface area contributed by atoms with Gasteiger partial charge in [0.25, 0.3) is 5.56 Å². The Balaban J connectivity index is 2.54. The summed E-state index contributed by atoms with van der Waals surface area (Å²) in [4.78, 5) is 22.1. The van der Waals surface area contributed by atoms with Gasteiger partial charge in [-0.2, -0.15) is 4.98 Å². The third-order valence-electron chi connectivity index (χ3n) is 2.32. The molecule has 0 amide bonds. The van der Waals surface area contributed by atoms with Crippen LogP contribution in [-0.2, 0) is 6.42 Å². The zero-order valence-electron chi connectivity index (χ0n) is 9.07. The molecule has 0 aliphatic heterocycles. The Bertz CT molecular complexity index is 593. The number of aromatic hydroxyl groups is 1. The van der Waals surface area contributed by atoms with Crippen molar-refractivity contribution in [1.29, 1.82) is 0 Å². The van der Waals surface area contributed by atoms with Crippen molar-refractivity contribution in [2.24, 2.45) is 0 Å². The fourth-order valence-corrected chi connectivity index (χ4v) is 1.55. The van der Waals surface area contributed by atoms with Crippen molar-refractivity contribution in [2.75, 3.05) is 0 Å². The molecule has 5 nitrogen and oxygen atoms in total. The molecular formula is C11H10ClN3O2. The monoisotopic (exact) mass is 251 g/mol. The summed E-state index contributed by atoms with van der Waals surface area (Å²) >= 11 is 5.71. The van der Waals surface area contributed by atoms with Gasteiger partial charge in [-0.15, -0.1) is 0 Å². The second-order valence-corrected chi connectivity index (χ2v) is 3.87. The largest absolute Gasteiger partial charge is 0.493 e. The minimum absolute atomic E-state index is 0.223. The van der Waals surface area contributed by atoms with Crippen LogP contribution in [0.3, 0.4) is 0 Å². The standard InChI is InChI=1S/C11H10ClN3O2/c1-2-7-10(16)14-9(15-11(7)17)8-4-3-6(12)5-13-8/h3-5H,2H2,1H3,(H2,14,15,16,17). The van der Waals surface area contributed by atoms with Gasteiger partial charge in [0.2, 0.25) is 5.88 Å². The molecule has 2 heterocycles. The fraction of sp³-hybridized carbons (Fsp3) is 0.182. The van der Waals surface area contributed by atoms with Gasteiger partial charge in [0.1, 0.15) is 5.69 Å². The number of aromatic amines is 1. The van der Waals surface area contributed by atoms with Crippen LogP contribution in [0.1, 0.15) is 12.5 Å². The van der Waals surface area contributed by atoms with Crippen molar-refractivity contribution in [3.63, 3.8) is 0 Å². The maximum absolute atomic E-state index is 11.6. The first-order valence-corrected chi connectivity index (χ1v) is 5.43. The number of halogens is 1. The molecule has 0 bridgehead atoms. The first kappa shape index (κ1) is 11.6. The number of hydrogen-bond donors (Lipinski definition) is 2. The van der Waals surface area contributed by atoms with E-state index in [2.05, 4.69) is 15.0 Å². The number of rotatable bonds is 2. The predicted molar refractivity (Wildman–Crippen MR) is 64.1 cm³/mol. The summed E-state index contributed by atoms with van der Waals surface area (Å²) in [6.45, 7) is 1.77. The maximum Gasteiger partial charge on any atom is 0.258 e. The third kappa shape index (κ3) is 2.29. The molecule has 0 aromatic carbocycles. The Labute approximate surface area is 102 Å². The summed E-state index contributed by atoms with van der Waals surface area (Å²) in [5.41, 5.74) is 0.360. The fourth-order valence-electron chi connectivity index (χ4n) is 1.44. The molecule has 0 fully saturated rings. The summed E-state index contributed by atoms with van der Waals surface area (Å²) in [6, 6.07) is 3.25. The number of nitrogens with one attached hydrogen (secondary N) is 1. The van der Waals surface area contributed by atoms with Gasteiger partial charge in [-0.3, -0.25) is 9.78 Å². The molecule has 88 valence electrons. The second kappa shape index (κ2) is 4.55. The van der Waals surface area contributed by atoms with Gasteiger partial charge in [-0.25, -0.2) is 0 Å². The Kier molecular flexibility index (Phi) is 3.10. The Morgan fingerprint density at radius 1 is 1.47 bits per heavy atom. The third-order valence-corrected chi connectivity index (χ3v) is 2.54. The van der Waals surface area contributed by atoms with E-state index in [1.54, 1.807) is 19.1 Å². The van der Waals surface area contributed by atoms with Crippen LogP contribution in [0.2, 0.25) is 5.02 Å². The molecule has 2 rings (SSSR count). The quantitative estimate of drug-likeness (QED) is 0.852. The molecule has 0 saturated carbocycles. The van der Waals surface area contributed by atoms with E-state index in [9.17, 15) is 9.90 Å². The summed E-state index contributed by atoms with van der Waals surface area (Å²) in [7, 11) is 0. The van der Waals surface area contributed by atoms with Gasteiger partial charge in [-0.1, -0.05) is 18.5 Å². The van der Waals surface area contributed by atoms with Gasteiger partial charge in [0.05, 0.1) is 10.6 Å². The van der Waals surface area contributed by atoms with E-state index < -0.39 is 0 Å². The average Bonchev–Trinajstić information content (AvgIpc) is 2.29. The van der Waals surface area contributed by atoms with E-state index in [1.165, 1.54) is 6.20 Å². The van der Waals surface area contributed by atoms with E-state index in [-0.39, 0.29) is 22.8 Å². The average molecular weight is 252 g/mol. The Hall–Kier alpha value is -1.88. The van der Waals surface area contributed by atoms with Crippen LogP contribution in [-0.4, -0.2) is 20.1 Å². The molecule has 0 spiro atoms. The maximum atomic E-state index is 11.6. The van der Waals surface area contributed by atoms with Crippen molar-refractivity contribution in [3.05, 3.63) is 39.3 Å². The van der Waals surface area contributed by atoms with Crippen molar-refractivity contribution in [1.82, 2.24) is 15.0 Å². The van der Waals surface area contributed by atoms with Crippen LogP contribution in [0.5, 0.6) is 5.88 Å². The highest BCUT2D eigenvalue weighted by molar-refractivity contribution is 6.30. The molecule has 17 heavy (non-hydrogen) atoms. The van der Waals surface area contributed by atoms with E-state index in [4.69, 9.17) is 11.6 Å². The van der Waals surface area contributed by atoms with E-state index in [1.807, 2.05) is 0 Å². The lowest BCUT2D eigenvalue weighted by molar-refractivity contribution is 0.444. The molecule has 0 radical (unpaired) electrons. The minimum Gasteiger partial charge on any atom is -0.493 e.